The van der Waals surface area contributed by atoms with Crippen molar-refractivity contribution in [2.45, 2.75) is 4.90 Å². The number of anilines is 2. The molecule has 0 aliphatic heterocycles. The molecule has 1 heterocycles. The average molecular weight is 311 g/mol. The van der Waals surface area contributed by atoms with Gasteiger partial charge >= 0.3 is 5.69 Å². The predicted octanol–water partition coefficient (Wildman–Crippen LogP) is 1.17. The van der Waals surface area contributed by atoms with Crippen LogP contribution in [0.4, 0.5) is 17.2 Å². The van der Waals surface area contributed by atoms with E-state index in [1.807, 2.05) is 0 Å². The summed E-state index contributed by atoms with van der Waals surface area (Å²) in [4.78, 5) is 10.00. The van der Waals surface area contributed by atoms with Gasteiger partial charge in [0.1, 0.15) is 5.69 Å². The summed E-state index contributed by atoms with van der Waals surface area (Å²) >= 11 is 0. The first-order valence-corrected chi connectivity index (χ1v) is 7.31. The fraction of sp³-hybridized carbons (Fsp3) is 0.182. The molecule has 0 aliphatic rings. The number of nitro benzene ring substituents is 1. The van der Waals surface area contributed by atoms with Gasteiger partial charge in [0.15, 0.2) is 10.7 Å². The number of rotatable bonds is 5. The van der Waals surface area contributed by atoms with Crippen LogP contribution in [0.3, 0.4) is 0 Å². The molecule has 1 aromatic carbocycles. The maximum absolute atomic E-state index is 12.3. The Morgan fingerprint density at radius 1 is 1.33 bits per heavy atom. The minimum absolute atomic E-state index is 0.0849. The minimum atomic E-state index is -4.12. The van der Waals surface area contributed by atoms with Gasteiger partial charge in [-0.05, 0) is 12.1 Å². The topological polar surface area (TPSA) is 119 Å². The summed E-state index contributed by atoms with van der Waals surface area (Å²) < 4.78 is 28.2. The van der Waals surface area contributed by atoms with E-state index in [-0.39, 0.29) is 11.5 Å². The highest BCUT2D eigenvalue weighted by Gasteiger charge is 2.29. The third-order valence-corrected chi connectivity index (χ3v) is 4.08. The molecule has 0 atom stereocenters. The van der Waals surface area contributed by atoms with Crippen molar-refractivity contribution in [2.24, 2.45) is 7.05 Å². The number of para-hydroxylation sites is 1. The van der Waals surface area contributed by atoms with Crippen LogP contribution >= 0.6 is 0 Å². The van der Waals surface area contributed by atoms with Crippen molar-refractivity contribution in [3.63, 3.8) is 0 Å². The molecular weight excluding hydrogens is 298 g/mol. The van der Waals surface area contributed by atoms with Crippen LogP contribution in [0.1, 0.15) is 0 Å². The second-order valence-corrected chi connectivity index (χ2v) is 5.79. The first kappa shape index (κ1) is 14.8. The molecule has 2 aromatic rings. The number of sulfonamides is 1. The minimum Gasteiger partial charge on any atom is -0.383 e. The van der Waals surface area contributed by atoms with E-state index in [1.54, 1.807) is 13.2 Å². The summed E-state index contributed by atoms with van der Waals surface area (Å²) in [6, 6.07) is 5.47. The lowest BCUT2D eigenvalue weighted by molar-refractivity contribution is -0.386. The third kappa shape index (κ3) is 2.94. The van der Waals surface area contributed by atoms with E-state index >= 15 is 0 Å². The lowest BCUT2D eigenvalue weighted by Crippen LogP contribution is -2.16. The number of hydrogen-bond acceptors (Lipinski definition) is 6. The van der Waals surface area contributed by atoms with E-state index in [4.69, 9.17) is 0 Å². The maximum Gasteiger partial charge on any atom is 0.312 e. The molecule has 9 nitrogen and oxygen atoms in total. The average Bonchev–Trinajstić information content (AvgIpc) is 2.82. The number of aryl methyl sites for hydroxylation is 1. The van der Waals surface area contributed by atoms with Crippen LogP contribution in [0.2, 0.25) is 0 Å². The van der Waals surface area contributed by atoms with Gasteiger partial charge in [0.25, 0.3) is 10.0 Å². The van der Waals surface area contributed by atoms with Crippen molar-refractivity contribution < 1.29 is 13.3 Å². The summed E-state index contributed by atoms with van der Waals surface area (Å²) in [6.07, 6.45) is 1.55. The highest BCUT2D eigenvalue weighted by Crippen LogP contribution is 2.32. The van der Waals surface area contributed by atoms with E-state index in [0.29, 0.717) is 0 Å². The molecule has 112 valence electrons. The van der Waals surface area contributed by atoms with Crippen molar-refractivity contribution in [3.8, 4) is 0 Å². The molecule has 0 saturated carbocycles. The van der Waals surface area contributed by atoms with Crippen molar-refractivity contribution >= 4 is 27.2 Å². The van der Waals surface area contributed by atoms with Gasteiger partial charge in [0.2, 0.25) is 0 Å². The quantitative estimate of drug-likeness (QED) is 0.632. The lowest BCUT2D eigenvalue weighted by Gasteiger charge is -2.09. The second-order valence-electron chi connectivity index (χ2n) is 4.14. The van der Waals surface area contributed by atoms with Crippen LogP contribution in [0.15, 0.2) is 35.4 Å². The van der Waals surface area contributed by atoms with Crippen molar-refractivity contribution in [3.05, 3.63) is 40.6 Å². The van der Waals surface area contributed by atoms with Gasteiger partial charge in [-0.25, -0.2) is 8.42 Å². The lowest BCUT2D eigenvalue weighted by atomic mass is 10.3. The fourth-order valence-corrected chi connectivity index (χ4v) is 2.98. The molecule has 0 unspecified atom stereocenters. The number of benzene rings is 1. The zero-order valence-corrected chi connectivity index (χ0v) is 12.1. The number of nitro groups is 1. The first-order chi connectivity index (χ1) is 9.85. The van der Waals surface area contributed by atoms with Crippen molar-refractivity contribution in [2.75, 3.05) is 17.1 Å². The number of nitrogens with zero attached hydrogens (tertiary/aromatic N) is 3. The van der Waals surface area contributed by atoms with E-state index in [0.717, 1.165) is 0 Å². The molecule has 0 aliphatic carbocycles. The predicted molar refractivity (Wildman–Crippen MR) is 76.7 cm³/mol. The van der Waals surface area contributed by atoms with Gasteiger partial charge in [0, 0.05) is 26.4 Å². The molecule has 0 saturated heterocycles. The molecule has 0 amide bonds. The number of aromatic nitrogens is 2. The Morgan fingerprint density at radius 2 is 2.05 bits per heavy atom. The van der Waals surface area contributed by atoms with E-state index in [2.05, 4.69) is 15.1 Å². The molecule has 0 radical (unpaired) electrons. The normalized spacial score (nSPS) is 11.1. The molecule has 0 fully saturated rings. The van der Waals surface area contributed by atoms with Gasteiger partial charge in [-0.1, -0.05) is 6.07 Å². The molecule has 2 rings (SSSR count). The monoisotopic (exact) mass is 311 g/mol. The summed E-state index contributed by atoms with van der Waals surface area (Å²) in [5, 5.41) is 17.6. The van der Waals surface area contributed by atoms with Crippen LogP contribution < -0.4 is 10.0 Å². The van der Waals surface area contributed by atoms with Gasteiger partial charge in [-0.15, -0.1) is 0 Å². The van der Waals surface area contributed by atoms with Crippen molar-refractivity contribution in [1.82, 2.24) is 9.78 Å². The Balaban J connectivity index is 2.52. The Labute approximate surface area is 120 Å². The Hall–Kier alpha value is -2.62. The van der Waals surface area contributed by atoms with E-state index in [9.17, 15) is 18.5 Å². The van der Waals surface area contributed by atoms with Crippen LogP contribution in [0.5, 0.6) is 0 Å². The van der Waals surface area contributed by atoms with Crippen LogP contribution in [0, 0.1) is 10.1 Å². The smallest absolute Gasteiger partial charge is 0.312 e. The maximum atomic E-state index is 12.3. The van der Waals surface area contributed by atoms with Crippen molar-refractivity contribution in [1.29, 1.82) is 0 Å². The highest BCUT2D eigenvalue weighted by molar-refractivity contribution is 7.92. The molecule has 2 N–H and O–H groups in total. The van der Waals surface area contributed by atoms with Gasteiger partial charge < -0.3 is 5.32 Å². The third-order valence-electron chi connectivity index (χ3n) is 2.69. The standard InChI is InChI=1S/C11H13N5O4S/c1-12-8-4-3-5-9(11(8)16(17)18)21(19,20)14-10-6-7-15(2)13-10/h3-7,12H,1-2H3,(H,13,14). The fourth-order valence-electron chi connectivity index (χ4n) is 1.79. The summed E-state index contributed by atoms with van der Waals surface area (Å²) in [6.45, 7) is 0. The molecule has 0 bridgehead atoms. The van der Waals surface area contributed by atoms with E-state index in [1.165, 1.54) is 36.0 Å². The van der Waals surface area contributed by atoms with Gasteiger partial charge in [-0.2, -0.15) is 5.10 Å². The molecule has 21 heavy (non-hydrogen) atoms. The zero-order valence-electron chi connectivity index (χ0n) is 11.3. The number of hydrogen-bond donors (Lipinski definition) is 2. The Morgan fingerprint density at radius 3 is 2.57 bits per heavy atom. The highest BCUT2D eigenvalue weighted by atomic mass is 32.2. The molecular formula is C11H13N5O4S. The van der Waals surface area contributed by atoms with E-state index < -0.39 is 25.5 Å². The molecule has 1 aromatic heterocycles. The summed E-state index contributed by atoms with van der Waals surface area (Å²) in [5.41, 5.74) is -0.396. The SMILES string of the molecule is CNc1cccc(S(=O)(=O)Nc2ccn(C)n2)c1[N+](=O)[O-]. The Kier molecular flexibility index (Phi) is 3.80. The van der Waals surface area contributed by atoms with Crippen LogP contribution in [-0.2, 0) is 17.1 Å². The van der Waals surface area contributed by atoms with Crippen LogP contribution in [0.25, 0.3) is 0 Å². The second kappa shape index (κ2) is 5.40. The van der Waals surface area contributed by atoms with Gasteiger partial charge in [0.05, 0.1) is 4.92 Å². The summed E-state index contributed by atoms with van der Waals surface area (Å²) in [5.74, 6) is 0.0849. The zero-order chi connectivity index (χ0) is 15.6. The summed E-state index contributed by atoms with van der Waals surface area (Å²) in [7, 11) is -1.01. The number of nitrogens with one attached hydrogen (secondary N) is 2. The first-order valence-electron chi connectivity index (χ1n) is 5.83. The Bertz CT molecular complexity index is 784. The molecule has 0 spiro atoms. The largest absolute Gasteiger partial charge is 0.383 e. The van der Waals surface area contributed by atoms with Crippen LogP contribution in [-0.4, -0.2) is 30.2 Å². The molecule has 10 heteroatoms. The van der Waals surface area contributed by atoms with Gasteiger partial charge in [-0.3, -0.25) is 19.5 Å².